The Morgan fingerprint density at radius 2 is 2.04 bits per heavy atom. The first kappa shape index (κ1) is 15.7. The van der Waals surface area contributed by atoms with Crippen molar-refractivity contribution in [1.82, 2.24) is 10.3 Å². The fourth-order valence-electron chi connectivity index (χ4n) is 2.01. The molecule has 3 rings (SSSR count). The van der Waals surface area contributed by atoms with Gasteiger partial charge in [0.2, 0.25) is 0 Å². The van der Waals surface area contributed by atoms with Gasteiger partial charge in [-0.3, -0.25) is 0 Å². The van der Waals surface area contributed by atoms with Crippen molar-refractivity contribution >= 4 is 34.4 Å². The molecule has 0 spiro atoms. The van der Waals surface area contributed by atoms with Gasteiger partial charge in [-0.1, -0.05) is 0 Å². The predicted octanol–water partition coefficient (Wildman–Crippen LogP) is 3.73. The van der Waals surface area contributed by atoms with Crippen molar-refractivity contribution in [2.45, 2.75) is 6.10 Å². The Labute approximate surface area is 141 Å². The van der Waals surface area contributed by atoms with Crippen LogP contribution in [0.5, 0.6) is 0 Å². The van der Waals surface area contributed by atoms with Crippen molar-refractivity contribution in [2.24, 2.45) is 0 Å². The van der Waals surface area contributed by atoms with Crippen molar-refractivity contribution in [3.05, 3.63) is 58.2 Å². The Balaban J connectivity index is 1.51. The number of aliphatic hydroxyl groups is 1. The summed E-state index contributed by atoms with van der Waals surface area (Å²) >= 11 is 3.08. The highest BCUT2D eigenvalue weighted by Gasteiger charge is 2.10. The van der Waals surface area contributed by atoms with Gasteiger partial charge in [-0.05, 0) is 46.7 Å². The molecule has 7 heteroatoms. The number of benzene rings is 1. The third-order valence-electron chi connectivity index (χ3n) is 3.21. The number of thiophene rings is 1. The average Bonchev–Trinajstić information content (AvgIpc) is 3.26. The lowest BCUT2D eigenvalue weighted by atomic mass is 10.2. The van der Waals surface area contributed by atoms with Crippen LogP contribution in [0.25, 0.3) is 10.6 Å². The number of anilines is 1. The summed E-state index contributed by atoms with van der Waals surface area (Å²) in [6, 6.07) is 8.97. The number of aliphatic hydroxyl groups excluding tert-OH is 1. The Morgan fingerprint density at radius 3 is 2.70 bits per heavy atom. The minimum Gasteiger partial charge on any atom is -0.387 e. The topological polar surface area (TPSA) is 74.2 Å². The summed E-state index contributed by atoms with van der Waals surface area (Å²) in [4.78, 5) is 16.1. The van der Waals surface area contributed by atoms with Gasteiger partial charge in [0.25, 0.3) is 0 Å². The van der Waals surface area contributed by atoms with Crippen LogP contribution >= 0.6 is 22.7 Å². The molecular formula is C16H15N3O2S2. The molecule has 5 nitrogen and oxygen atoms in total. The van der Waals surface area contributed by atoms with Crippen LogP contribution in [0, 0.1) is 0 Å². The highest BCUT2D eigenvalue weighted by molar-refractivity contribution is 7.13. The van der Waals surface area contributed by atoms with Gasteiger partial charge in [0.1, 0.15) is 5.01 Å². The van der Waals surface area contributed by atoms with E-state index < -0.39 is 6.10 Å². The van der Waals surface area contributed by atoms with Gasteiger partial charge in [0.15, 0.2) is 0 Å². The van der Waals surface area contributed by atoms with Crippen LogP contribution in [0.4, 0.5) is 10.5 Å². The number of nitrogens with one attached hydrogen (secondary N) is 2. The Bertz CT molecular complexity index is 740. The third kappa shape index (κ3) is 4.16. The van der Waals surface area contributed by atoms with Gasteiger partial charge in [0, 0.05) is 29.4 Å². The van der Waals surface area contributed by atoms with Crippen LogP contribution in [-0.4, -0.2) is 22.7 Å². The molecule has 0 radical (unpaired) electrons. The largest absolute Gasteiger partial charge is 0.387 e. The summed E-state index contributed by atoms with van der Waals surface area (Å²) in [6.07, 6.45) is 1.07. The molecule has 0 aliphatic heterocycles. The first-order chi connectivity index (χ1) is 11.2. The van der Waals surface area contributed by atoms with Gasteiger partial charge >= 0.3 is 6.03 Å². The number of amides is 2. The second-order valence-corrected chi connectivity index (χ2v) is 6.50. The number of hydrogen-bond acceptors (Lipinski definition) is 5. The Kier molecular flexibility index (Phi) is 5.02. The molecule has 2 aromatic heterocycles. The molecule has 0 saturated heterocycles. The minimum absolute atomic E-state index is 0.166. The van der Waals surface area contributed by atoms with E-state index in [1.165, 1.54) is 11.3 Å². The zero-order chi connectivity index (χ0) is 16.1. The monoisotopic (exact) mass is 345 g/mol. The summed E-state index contributed by atoms with van der Waals surface area (Å²) in [5.41, 5.74) is 2.51. The number of thiazole rings is 1. The van der Waals surface area contributed by atoms with E-state index in [-0.39, 0.29) is 12.6 Å². The van der Waals surface area contributed by atoms with E-state index in [9.17, 15) is 9.90 Å². The summed E-state index contributed by atoms with van der Waals surface area (Å²) in [6.45, 7) is 0.166. The lowest BCUT2D eigenvalue weighted by Crippen LogP contribution is -2.32. The molecule has 1 atom stereocenters. The number of nitrogens with zero attached hydrogens (tertiary/aromatic N) is 1. The lowest BCUT2D eigenvalue weighted by Gasteiger charge is -2.11. The summed E-state index contributed by atoms with van der Waals surface area (Å²) in [5, 5.41) is 21.9. The third-order valence-corrected chi connectivity index (χ3v) is 4.73. The van der Waals surface area contributed by atoms with Crippen LogP contribution < -0.4 is 10.6 Å². The zero-order valence-corrected chi connectivity index (χ0v) is 13.7. The van der Waals surface area contributed by atoms with Crippen molar-refractivity contribution in [3.63, 3.8) is 0 Å². The fraction of sp³-hybridized carbons (Fsp3) is 0.125. The molecule has 2 amide bonds. The molecule has 3 N–H and O–H groups in total. The lowest BCUT2D eigenvalue weighted by molar-refractivity contribution is 0.175. The molecule has 3 aromatic rings. The van der Waals surface area contributed by atoms with Gasteiger partial charge in [-0.15, -0.1) is 11.3 Å². The maximum absolute atomic E-state index is 11.9. The standard InChI is InChI=1S/C16H15N3O2S2/c20-14(12-5-7-22-10-12)9-18-16(21)19-13-3-1-11(2-4-13)15-17-6-8-23-15/h1-8,10,14,20H,9H2,(H2,18,19,21). The minimum atomic E-state index is -0.695. The summed E-state index contributed by atoms with van der Waals surface area (Å²) in [7, 11) is 0. The van der Waals surface area contributed by atoms with Crippen LogP contribution in [0.15, 0.2) is 52.7 Å². The van der Waals surface area contributed by atoms with E-state index >= 15 is 0 Å². The van der Waals surface area contributed by atoms with Gasteiger partial charge in [-0.25, -0.2) is 9.78 Å². The number of hydrogen-bond donors (Lipinski definition) is 3. The molecule has 0 fully saturated rings. The number of carbonyl (C=O) groups is 1. The van der Waals surface area contributed by atoms with Crippen LogP contribution in [0.2, 0.25) is 0 Å². The van der Waals surface area contributed by atoms with Gasteiger partial charge in [0.05, 0.1) is 6.10 Å². The van der Waals surface area contributed by atoms with Crippen molar-refractivity contribution in [3.8, 4) is 10.6 Å². The molecule has 0 bridgehead atoms. The maximum atomic E-state index is 11.9. The molecule has 2 heterocycles. The zero-order valence-electron chi connectivity index (χ0n) is 12.1. The molecule has 0 aliphatic rings. The maximum Gasteiger partial charge on any atom is 0.319 e. The van der Waals surface area contributed by atoms with Gasteiger partial charge < -0.3 is 15.7 Å². The average molecular weight is 345 g/mol. The number of carbonyl (C=O) groups excluding carboxylic acids is 1. The molecule has 23 heavy (non-hydrogen) atoms. The second-order valence-electron chi connectivity index (χ2n) is 4.82. The smallest absolute Gasteiger partial charge is 0.319 e. The number of rotatable bonds is 5. The molecule has 1 unspecified atom stereocenters. The van der Waals surface area contributed by atoms with E-state index in [4.69, 9.17) is 0 Å². The molecule has 0 aliphatic carbocycles. The van der Waals surface area contributed by atoms with Crippen LogP contribution in [0.3, 0.4) is 0 Å². The highest BCUT2D eigenvalue weighted by Crippen LogP contribution is 2.23. The van der Waals surface area contributed by atoms with Crippen molar-refractivity contribution in [2.75, 3.05) is 11.9 Å². The summed E-state index contributed by atoms with van der Waals surface area (Å²) in [5.74, 6) is 0. The van der Waals surface area contributed by atoms with E-state index in [2.05, 4.69) is 15.6 Å². The van der Waals surface area contributed by atoms with E-state index in [1.807, 2.05) is 46.5 Å². The van der Waals surface area contributed by atoms with Crippen molar-refractivity contribution in [1.29, 1.82) is 0 Å². The SMILES string of the molecule is O=C(NCC(O)c1ccsc1)Nc1ccc(-c2nccs2)cc1. The number of aromatic nitrogens is 1. The van der Waals surface area contributed by atoms with Crippen LogP contribution in [-0.2, 0) is 0 Å². The summed E-state index contributed by atoms with van der Waals surface area (Å²) < 4.78 is 0. The van der Waals surface area contributed by atoms with Crippen molar-refractivity contribution < 1.29 is 9.90 Å². The second kappa shape index (κ2) is 7.36. The molecule has 0 saturated carbocycles. The number of urea groups is 1. The Morgan fingerprint density at radius 1 is 1.22 bits per heavy atom. The normalized spacial score (nSPS) is 11.9. The fourth-order valence-corrected chi connectivity index (χ4v) is 3.36. The van der Waals surface area contributed by atoms with E-state index in [1.54, 1.807) is 17.5 Å². The highest BCUT2D eigenvalue weighted by atomic mass is 32.1. The first-order valence-corrected chi connectivity index (χ1v) is 8.79. The molecular weight excluding hydrogens is 330 g/mol. The quantitative estimate of drug-likeness (QED) is 0.660. The van der Waals surface area contributed by atoms with Crippen LogP contribution in [0.1, 0.15) is 11.7 Å². The molecule has 1 aromatic carbocycles. The van der Waals surface area contributed by atoms with Gasteiger partial charge in [-0.2, -0.15) is 11.3 Å². The Hall–Kier alpha value is -2.22. The first-order valence-electron chi connectivity index (χ1n) is 6.97. The van der Waals surface area contributed by atoms with E-state index in [0.29, 0.717) is 5.69 Å². The molecule has 118 valence electrons. The predicted molar refractivity (Wildman–Crippen MR) is 93.9 cm³/mol. The van der Waals surface area contributed by atoms with E-state index in [0.717, 1.165) is 16.1 Å².